The normalized spacial score (nSPS) is 10.9. The first kappa shape index (κ1) is 11.3. The molecular weight excluding hydrogens is 218 g/mol. The van der Waals surface area contributed by atoms with Crippen LogP contribution in [-0.4, -0.2) is 9.68 Å². The van der Waals surface area contributed by atoms with E-state index in [2.05, 4.69) is 30.7 Å². The Morgan fingerprint density at radius 2 is 2.06 bits per heavy atom. The number of aromatic nitrogens is 1. The molecule has 1 heterocycles. The number of carbonyl (C=O) groups excluding carboxylic acids is 1. The second kappa shape index (κ2) is 4.34. The highest BCUT2D eigenvalue weighted by Crippen LogP contribution is 2.28. The second-order valence-electron chi connectivity index (χ2n) is 3.92. The molecule has 0 unspecified atom stereocenters. The summed E-state index contributed by atoms with van der Waals surface area (Å²) >= 11 is 1.37. The van der Waals surface area contributed by atoms with Crippen molar-refractivity contribution in [1.29, 1.82) is 0 Å². The summed E-state index contributed by atoms with van der Waals surface area (Å²) in [6, 6.07) is 8.33. The number of rotatable bonds is 2. The average Bonchev–Trinajstić information content (AvgIpc) is 2.50. The largest absolute Gasteiger partial charge is 0.348 e. The average molecular weight is 233 g/mol. The molecule has 0 aliphatic rings. The van der Waals surface area contributed by atoms with Crippen molar-refractivity contribution in [2.45, 2.75) is 19.6 Å². The van der Waals surface area contributed by atoms with Gasteiger partial charge in [-0.3, -0.25) is 4.79 Å². The summed E-state index contributed by atoms with van der Waals surface area (Å²) in [7, 11) is 2.07. The summed E-state index contributed by atoms with van der Waals surface area (Å²) in [5.74, 6) is 0.766. The van der Waals surface area contributed by atoms with E-state index in [1.165, 1.54) is 33.9 Å². The van der Waals surface area contributed by atoms with E-state index in [-0.39, 0.29) is 5.12 Å². The number of fused-ring (bicyclic) bond motifs is 1. The van der Waals surface area contributed by atoms with Crippen LogP contribution in [0.5, 0.6) is 0 Å². The van der Waals surface area contributed by atoms with E-state index in [9.17, 15) is 4.79 Å². The van der Waals surface area contributed by atoms with Crippen molar-refractivity contribution in [2.24, 2.45) is 7.05 Å². The van der Waals surface area contributed by atoms with Crippen LogP contribution in [-0.2, 0) is 17.6 Å². The van der Waals surface area contributed by atoms with Crippen LogP contribution >= 0.6 is 11.8 Å². The molecule has 2 aromatic rings. The Morgan fingerprint density at radius 1 is 1.38 bits per heavy atom. The fraction of sp³-hybridized carbons (Fsp3) is 0.308. The van der Waals surface area contributed by atoms with Gasteiger partial charge in [-0.15, -0.1) is 0 Å². The summed E-state index contributed by atoms with van der Waals surface area (Å²) in [5, 5.41) is 1.43. The van der Waals surface area contributed by atoms with Gasteiger partial charge in [-0.1, -0.05) is 30.0 Å². The van der Waals surface area contributed by atoms with Crippen LogP contribution in [0.3, 0.4) is 0 Å². The summed E-state index contributed by atoms with van der Waals surface area (Å²) in [5.41, 5.74) is 3.76. The Kier molecular flexibility index (Phi) is 3.06. The van der Waals surface area contributed by atoms with Gasteiger partial charge >= 0.3 is 0 Å². The standard InChI is InChI=1S/C13H15NOS/c1-9-12(8-16-10(2)15)11-6-4-5-7-13(11)14(9)3/h4-7H,8H2,1-3H3. The summed E-state index contributed by atoms with van der Waals surface area (Å²) in [6.45, 7) is 3.72. The minimum atomic E-state index is 0.173. The first-order chi connectivity index (χ1) is 7.61. The van der Waals surface area contributed by atoms with Crippen molar-refractivity contribution >= 4 is 27.8 Å². The van der Waals surface area contributed by atoms with Gasteiger partial charge in [0.05, 0.1) is 0 Å². The number of para-hydroxylation sites is 1. The van der Waals surface area contributed by atoms with Gasteiger partial charge in [0.1, 0.15) is 0 Å². The number of carbonyl (C=O) groups is 1. The van der Waals surface area contributed by atoms with Gasteiger partial charge in [0, 0.05) is 36.3 Å². The molecule has 0 fully saturated rings. The second-order valence-corrected chi connectivity index (χ2v) is 5.07. The topological polar surface area (TPSA) is 22.0 Å². The number of thioether (sulfide) groups is 1. The first-order valence-corrected chi connectivity index (χ1v) is 6.26. The Morgan fingerprint density at radius 3 is 2.75 bits per heavy atom. The lowest BCUT2D eigenvalue weighted by atomic mass is 10.1. The molecule has 0 aliphatic heterocycles. The van der Waals surface area contributed by atoms with E-state index in [1.807, 2.05) is 12.1 Å². The third-order valence-electron chi connectivity index (χ3n) is 2.95. The highest BCUT2D eigenvalue weighted by molar-refractivity contribution is 8.12. The van der Waals surface area contributed by atoms with Crippen LogP contribution < -0.4 is 0 Å². The monoisotopic (exact) mass is 233 g/mol. The molecule has 3 heteroatoms. The maximum absolute atomic E-state index is 11.0. The Hall–Kier alpha value is -1.22. The predicted octanol–water partition coefficient (Wildman–Crippen LogP) is 3.27. The van der Waals surface area contributed by atoms with Crippen LogP contribution in [0.15, 0.2) is 24.3 Å². The molecule has 2 nitrogen and oxygen atoms in total. The minimum Gasteiger partial charge on any atom is -0.348 e. The Bertz CT molecular complexity index is 542. The molecule has 0 spiro atoms. The molecule has 0 N–H and O–H groups in total. The molecule has 1 aromatic heterocycles. The van der Waals surface area contributed by atoms with Crippen molar-refractivity contribution in [2.75, 3.05) is 0 Å². The van der Waals surface area contributed by atoms with E-state index < -0.39 is 0 Å². The van der Waals surface area contributed by atoms with Gasteiger partial charge < -0.3 is 4.57 Å². The molecule has 0 bridgehead atoms. The zero-order valence-corrected chi connectivity index (χ0v) is 10.6. The van der Waals surface area contributed by atoms with Crippen molar-refractivity contribution in [3.63, 3.8) is 0 Å². The van der Waals surface area contributed by atoms with Crippen LogP contribution in [0.2, 0.25) is 0 Å². The molecule has 16 heavy (non-hydrogen) atoms. The van der Waals surface area contributed by atoms with Gasteiger partial charge in [0.15, 0.2) is 5.12 Å². The lowest BCUT2D eigenvalue weighted by Crippen LogP contribution is -1.92. The van der Waals surface area contributed by atoms with Crippen molar-refractivity contribution < 1.29 is 4.79 Å². The highest BCUT2D eigenvalue weighted by atomic mass is 32.2. The zero-order valence-electron chi connectivity index (χ0n) is 9.78. The lowest BCUT2D eigenvalue weighted by molar-refractivity contribution is -0.109. The SMILES string of the molecule is CC(=O)SCc1c(C)n(C)c2ccccc12. The van der Waals surface area contributed by atoms with Crippen LogP contribution in [0.1, 0.15) is 18.2 Å². The molecule has 0 saturated carbocycles. The maximum atomic E-state index is 11.0. The molecule has 2 rings (SSSR count). The number of hydrogen-bond acceptors (Lipinski definition) is 2. The third kappa shape index (κ3) is 1.87. The summed E-state index contributed by atoms with van der Waals surface area (Å²) in [6.07, 6.45) is 0. The molecule has 0 amide bonds. The van der Waals surface area contributed by atoms with E-state index >= 15 is 0 Å². The number of nitrogens with zero attached hydrogens (tertiary/aromatic N) is 1. The maximum Gasteiger partial charge on any atom is 0.186 e. The van der Waals surface area contributed by atoms with Gasteiger partial charge in [0.25, 0.3) is 0 Å². The van der Waals surface area contributed by atoms with Crippen LogP contribution in [0.4, 0.5) is 0 Å². The predicted molar refractivity (Wildman–Crippen MR) is 69.6 cm³/mol. The van der Waals surface area contributed by atoms with E-state index in [1.54, 1.807) is 6.92 Å². The molecule has 1 aromatic carbocycles. The fourth-order valence-electron chi connectivity index (χ4n) is 1.96. The minimum absolute atomic E-state index is 0.173. The molecule has 0 saturated heterocycles. The van der Waals surface area contributed by atoms with E-state index in [0.717, 1.165) is 5.75 Å². The lowest BCUT2D eigenvalue weighted by Gasteiger charge is -2.00. The van der Waals surface area contributed by atoms with Crippen molar-refractivity contribution in [3.05, 3.63) is 35.5 Å². The third-order valence-corrected chi connectivity index (χ3v) is 3.79. The van der Waals surface area contributed by atoms with E-state index in [0.29, 0.717) is 0 Å². The first-order valence-electron chi connectivity index (χ1n) is 5.27. The van der Waals surface area contributed by atoms with Crippen molar-refractivity contribution in [3.8, 4) is 0 Å². The molecule has 0 atom stereocenters. The quantitative estimate of drug-likeness (QED) is 0.794. The molecule has 0 radical (unpaired) electrons. The zero-order chi connectivity index (χ0) is 11.7. The molecule has 84 valence electrons. The molecular formula is C13H15NOS. The highest BCUT2D eigenvalue weighted by Gasteiger charge is 2.11. The van der Waals surface area contributed by atoms with Gasteiger partial charge in [-0.25, -0.2) is 0 Å². The summed E-state index contributed by atoms with van der Waals surface area (Å²) in [4.78, 5) is 11.0. The van der Waals surface area contributed by atoms with E-state index in [4.69, 9.17) is 0 Å². The van der Waals surface area contributed by atoms with Gasteiger partial charge in [-0.05, 0) is 18.6 Å². The number of aryl methyl sites for hydroxylation is 1. The number of hydrogen-bond donors (Lipinski definition) is 0. The van der Waals surface area contributed by atoms with Crippen LogP contribution in [0, 0.1) is 6.92 Å². The van der Waals surface area contributed by atoms with Crippen molar-refractivity contribution in [1.82, 2.24) is 4.57 Å². The smallest absolute Gasteiger partial charge is 0.186 e. The van der Waals surface area contributed by atoms with Gasteiger partial charge in [-0.2, -0.15) is 0 Å². The fourth-order valence-corrected chi connectivity index (χ4v) is 2.67. The number of benzene rings is 1. The Labute approximate surface area is 99.6 Å². The Balaban J connectivity index is 2.51. The van der Waals surface area contributed by atoms with Gasteiger partial charge in [0.2, 0.25) is 0 Å². The van der Waals surface area contributed by atoms with Crippen LogP contribution in [0.25, 0.3) is 10.9 Å². The summed E-state index contributed by atoms with van der Waals surface area (Å²) < 4.78 is 2.19. The molecule has 0 aliphatic carbocycles.